The minimum Gasteiger partial charge on any atom is -0.408 e. The summed E-state index contributed by atoms with van der Waals surface area (Å²) in [6, 6.07) is 8.82. The molecule has 1 unspecified atom stereocenters. The van der Waals surface area contributed by atoms with Crippen molar-refractivity contribution in [3.63, 3.8) is 0 Å². The third-order valence-corrected chi connectivity index (χ3v) is 6.45. The molecule has 3 rings (SSSR count). The molecule has 1 aliphatic rings. The average molecular weight is 482 g/mol. The Labute approximate surface area is 208 Å². The highest BCUT2D eigenvalue weighted by Crippen LogP contribution is 2.28. The van der Waals surface area contributed by atoms with Crippen molar-refractivity contribution in [3.05, 3.63) is 34.8 Å². The van der Waals surface area contributed by atoms with E-state index in [1.165, 1.54) is 0 Å². The zero-order valence-electron chi connectivity index (χ0n) is 21.9. The molecule has 1 atom stereocenters. The number of amides is 1. The lowest BCUT2D eigenvalue weighted by Crippen LogP contribution is -2.58. The van der Waals surface area contributed by atoms with E-state index >= 15 is 0 Å². The first-order valence-corrected chi connectivity index (χ1v) is 12.4. The molecule has 8 heteroatoms. The Morgan fingerprint density at radius 3 is 2.43 bits per heavy atom. The number of carbonyl (C=O) groups excluding carboxylic acids is 1. The van der Waals surface area contributed by atoms with Crippen LogP contribution in [0.4, 0.5) is 5.82 Å². The van der Waals surface area contributed by atoms with Crippen molar-refractivity contribution in [2.45, 2.75) is 78.8 Å². The molecule has 2 aromatic rings. The Hall–Kier alpha value is -2.92. The van der Waals surface area contributed by atoms with Gasteiger partial charge >= 0.3 is 5.76 Å². The quantitative estimate of drug-likeness (QED) is 0.606. The number of nitriles is 1. The van der Waals surface area contributed by atoms with Gasteiger partial charge in [0.2, 0.25) is 5.91 Å². The van der Waals surface area contributed by atoms with Crippen LogP contribution in [0.1, 0.15) is 67.2 Å². The lowest BCUT2D eigenvalue weighted by molar-refractivity contribution is -0.124. The van der Waals surface area contributed by atoms with Crippen molar-refractivity contribution in [2.24, 2.45) is 10.8 Å². The van der Waals surface area contributed by atoms with Crippen LogP contribution < -0.4 is 16.4 Å². The predicted molar refractivity (Wildman–Crippen MR) is 138 cm³/mol. The van der Waals surface area contributed by atoms with Gasteiger partial charge in [0, 0.05) is 13.1 Å². The maximum absolute atomic E-state index is 13.5. The van der Waals surface area contributed by atoms with Crippen molar-refractivity contribution >= 4 is 22.7 Å². The van der Waals surface area contributed by atoms with Gasteiger partial charge in [-0.15, -0.1) is 0 Å². The minimum atomic E-state index is -0.904. The second kappa shape index (κ2) is 10.4. The van der Waals surface area contributed by atoms with Gasteiger partial charge in [-0.25, -0.2) is 4.79 Å². The summed E-state index contributed by atoms with van der Waals surface area (Å²) in [5.41, 5.74) is -0.420. The summed E-state index contributed by atoms with van der Waals surface area (Å²) < 4.78 is 5.20. The van der Waals surface area contributed by atoms with Crippen LogP contribution in [-0.2, 0) is 4.79 Å². The van der Waals surface area contributed by atoms with E-state index in [4.69, 9.17) is 4.42 Å². The zero-order valence-corrected chi connectivity index (χ0v) is 21.9. The molecule has 0 bridgehead atoms. The van der Waals surface area contributed by atoms with Crippen molar-refractivity contribution in [3.8, 4) is 6.07 Å². The van der Waals surface area contributed by atoms with Crippen molar-refractivity contribution < 1.29 is 9.21 Å². The number of rotatable bonds is 7. The van der Waals surface area contributed by atoms with Crippen molar-refractivity contribution in [2.75, 3.05) is 25.0 Å². The van der Waals surface area contributed by atoms with Crippen LogP contribution >= 0.6 is 0 Å². The molecule has 1 fully saturated rings. The van der Waals surface area contributed by atoms with Gasteiger partial charge in [-0.1, -0.05) is 53.7 Å². The number of aromatic nitrogens is 1. The monoisotopic (exact) mass is 481 g/mol. The Morgan fingerprint density at radius 1 is 1.17 bits per heavy atom. The van der Waals surface area contributed by atoms with E-state index in [9.17, 15) is 14.9 Å². The normalized spacial score (nSPS) is 17.5. The van der Waals surface area contributed by atoms with Gasteiger partial charge in [-0.05, 0) is 55.2 Å². The van der Waals surface area contributed by atoms with Gasteiger partial charge < -0.3 is 20.0 Å². The van der Waals surface area contributed by atoms with E-state index in [2.05, 4.69) is 47.4 Å². The first-order valence-electron chi connectivity index (χ1n) is 12.4. The number of carbonyl (C=O) groups is 1. The van der Waals surface area contributed by atoms with Crippen LogP contribution in [0.25, 0.3) is 11.0 Å². The number of para-hydroxylation sites is 1. The van der Waals surface area contributed by atoms with Crippen LogP contribution in [0.3, 0.4) is 0 Å². The van der Waals surface area contributed by atoms with Crippen LogP contribution in [0, 0.1) is 22.2 Å². The largest absolute Gasteiger partial charge is 0.441 e. The third kappa shape index (κ3) is 7.53. The topological polar surface area (TPSA) is 111 Å². The van der Waals surface area contributed by atoms with Gasteiger partial charge in [-0.3, -0.25) is 4.79 Å². The summed E-state index contributed by atoms with van der Waals surface area (Å²) in [5.74, 6) is -0.676. The fourth-order valence-electron chi connectivity index (χ4n) is 4.36. The summed E-state index contributed by atoms with van der Waals surface area (Å²) in [6.45, 7) is 15.4. The number of benzene rings is 1. The molecule has 1 aromatic carbocycles. The Balaban J connectivity index is 1.77. The summed E-state index contributed by atoms with van der Waals surface area (Å²) in [7, 11) is 0. The van der Waals surface area contributed by atoms with Gasteiger partial charge in [0.25, 0.3) is 0 Å². The standard InChI is InChI=1S/C27H39N5O3/c1-25(2,3)11-14-32-15-12-27(18-28,13-16-32)31-23(33)20(17-26(4,5)6)29-22-19-9-7-8-10-21(19)35-24(34)30-22/h7-10,20H,11-17H2,1-6H3,(H,31,33)(H,29,30,34). The second-order valence-electron chi connectivity index (χ2n) is 12.1. The molecule has 0 radical (unpaired) electrons. The number of fused-ring (bicyclic) bond motifs is 1. The molecule has 1 amide bonds. The number of nitrogens with zero attached hydrogens (tertiary/aromatic N) is 3. The van der Waals surface area contributed by atoms with Gasteiger partial charge in [0.15, 0.2) is 0 Å². The Kier molecular flexibility index (Phi) is 7.90. The molecule has 1 aromatic heterocycles. The molecular formula is C27H39N5O3. The molecule has 1 saturated heterocycles. The lowest BCUT2D eigenvalue weighted by Gasteiger charge is -2.39. The first-order chi connectivity index (χ1) is 16.3. The summed E-state index contributed by atoms with van der Waals surface area (Å²) in [4.78, 5) is 32.0. The highest BCUT2D eigenvalue weighted by molar-refractivity contribution is 5.91. The Morgan fingerprint density at radius 2 is 1.83 bits per heavy atom. The number of hydrogen-bond donors (Lipinski definition) is 2. The van der Waals surface area contributed by atoms with Gasteiger partial charge in [-0.2, -0.15) is 10.2 Å². The number of anilines is 1. The average Bonchev–Trinajstić information content (AvgIpc) is 2.76. The molecule has 35 heavy (non-hydrogen) atoms. The maximum atomic E-state index is 13.5. The number of nitrogens with one attached hydrogen (secondary N) is 2. The summed E-state index contributed by atoms with van der Waals surface area (Å²) in [6.07, 6.45) is 2.74. The molecule has 0 saturated carbocycles. The third-order valence-electron chi connectivity index (χ3n) is 6.45. The second-order valence-corrected chi connectivity index (χ2v) is 12.1. The summed E-state index contributed by atoms with van der Waals surface area (Å²) >= 11 is 0. The fraction of sp³-hybridized carbons (Fsp3) is 0.630. The molecule has 2 N–H and O–H groups in total. The van der Waals surface area contributed by atoms with Crippen molar-refractivity contribution in [1.82, 2.24) is 15.2 Å². The van der Waals surface area contributed by atoms with Crippen molar-refractivity contribution in [1.29, 1.82) is 5.26 Å². The van der Waals surface area contributed by atoms with Crippen LogP contribution in [0.15, 0.2) is 33.5 Å². The van der Waals surface area contributed by atoms with E-state index < -0.39 is 17.3 Å². The fourth-order valence-corrected chi connectivity index (χ4v) is 4.36. The molecule has 190 valence electrons. The number of piperidine rings is 1. The molecule has 8 nitrogen and oxygen atoms in total. The number of likely N-dealkylation sites (tertiary alicyclic amines) is 1. The van der Waals surface area contributed by atoms with Gasteiger partial charge in [0.05, 0.1) is 11.5 Å². The lowest BCUT2D eigenvalue weighted by atomic mass is 9.85. The van der Waals surface area contributed by atoms with E-state index in [-0.39, 0.29) is 16.7 Å². The van der Waals surface area contributed by atoms with Crippen LogP contribution in [0.5, 0.6) is 0 Å². The molecule has 0 aliphatic carbocycles. The summed E-state index contributed by atoms with van der Waals surface area (Å²) in [5, 5.41) is 16.9. The van der Waals surface area contributed by atoms with E-state index in [0.717, 1.165) is 26.1 Å². The van der Waals surface area contributed by atoms with Crippen LogP contribution in [0.2, 0.25) is 0 Å². The molecule has 1 aliphatic heterocycles. The first kappa shape index (κ1) is 26.7. The molecule has 2 heterocycles. The smallest absolute Gasteiger partial charge is 0.408 e. The molecule has 0 spiro atoms. The number of hydrogen-bond acceptors (Lipinski definition) is 7. The van der Waals surface area contributed by atoms with E-state index in [0.29, 0.717) is 36.0 Å². The van der Waals surface area contributed by atoms with E-state index in [1.54, 1.807) is 18.2 Å². The Bertz CT molecular complexity index is 1130. The van der Waals surface area contributed by atoms with Gasteiger partial charge in [0.1, 0.15) is 23.0 Å². The highest BCUT2D eigenvalue weighted by Gasteiger charge is 2.38. The highest BCUT2D eigenvalue weighted by atomic mass is 16.4. The zero-order chi connectivity index (χ0) is 25.9. The minimum absolute atomic E-state index is 0.180. The maximum Gasteiger partial charge on any atom is 0.441 e. The molecular weight excluding hydrogens is 442 g/mol. The predicted octanol–water partition coefficient (Wildman–Crippen LogP) is 4.32. The van der Waals surface area contributed by atoms with Crippen LogP contribution in [-0.4, -0.2) is 47.0 Å². The SMILES string of the molecule is CC(C)(C)CCN1CCC(C#N)(NC(=O)C(CC(C)(C)C)Nc2nc(=O)oc3ccccc23)CC1. The van der Waals surface area contributed by atoms with E-state index in [1.807, 2.05) is 26.8 Å².